The Balaban J connectivity index is 1.91. The van der Waals surface area contributed by atoms with Crippen LogP contribution in [0.15, 0.2) is 76.9 Å². The Kier molecular flexibility index (Phi) is 6.43. The molecule has 4 rings (SSSR count). The van der Waals surface area contributed by atoms with Gasteiger partial charge in [-0.2, -0.15) is 5.26 Å². The third kappa shape index (κ3) is 4.54. The first-order valence-corrected chi connectivity index (χ1v) is 11.5. The monoisotopic (exact) mass is 456 g/mol. The fourth-order valence-corrected chi connectivity index (χ4v) is 4.83. The minimum atomic E-state index is -0.275. The lowest BCUT2D eigenvalue weighted by Gasteiger charge is -2.41. The standard InChI is InChI=1S/C29H32N2O3/c1-29(2,3)21-14-20(12-18-8-6-10-22(13-18)32-4)27-24(16-21)26(25(17-30)28(31)34-27)19-9-7-11-23(15-19)33-5/h6-13,15,21,26H,14,16,31H2,1-5H3/b20-12+. The second-order valence-electron chi connectivity index (χ2n) is 9.97. The van der Waals surface area contributed by atoms with Crippen molar-refractivity contribution in [3.05, 3.63) is 88.0 Å². The Morgan fingerprint density at radius 1 is 1.03 bits per heavy atom. The van der Waals surface area contributed by atoms with Gasteiger partial charge in [-0.3, -0.25) is 0 Å². The molecule has 0 spiro atoms. The van der Waals surface area contributed by atoms with Crippen LogP contribution in [0.2, 0.25) is 0 Å². The number of methoxy groups -OCH3 is 2. The molecule has 1 heterocycles. The summed E-state index contributed by atoms with van der Waals surface area (Å²) in [5.74, 6) is 2.60. The van der Waals surface area contributed by atoms with Gasteiger partial charge in [-0.1, -0.05) is 45.0 Å². The van der Waals surface area contributed by atoms with Gasteiger partial charge in [0.25, 0.3) is 0 Å². The van der Waals surface area contributed by atoms with Crippen molar-refractivity contribution < 1.29 is 14.2 Å². The van der Waals surface area contributed by atoms with E-state index in [0.717, 1.165) is 52.4 Å². The molecule has 34 heavy (non-hydrogen) atoms. The van der Waals surface area contributed by atoms with Crippen molar-refractivity contribution in [2.24, 2.45) is 17.1 Å². The summed E-state index contributed by atoms with van der Waals surface area (Å²) in [4.78, 5) is 0. The molecular weight excluding hydrogens is 424 g/mol. The summed E-state index contributed by atoms with van der Waals surface area (Å²) in [5, 5.41) is 10.0. The van der Waals surface area contributed by atoms with Crippen LogP contribution in [-0.4, -0.2) is 14.2 Å². The van der Waals surface area contributed by atoms with Gasteiger partial charge < -0.3 is 19.9 Å². The fraction of sp³-hybridized carbons (Fsp3) is 0.345. The average molecular weight is 457 g/mol. The van der Waals surface area contributed by atoms with E-state index < -0.39 is 0 Å². The smallest absolute Gasteiger partial charge is 0.205 e. The predicted octanol–water partition coefficient (Wildman–Crippen LogP) is 6.31. The second kappa shape index (κ2) is 9.30. The van der Waals surface area contributed by atoms with Gasteiger partial charge >= 0.3 is 0 Å². The van der Waals surface area contributed by atoms with Gasteiger partial charge in [0.05, 0.1) is 14.2 Å². The van der Waals surface area contributed by atoms with Crippen LogP contribution in [0.3, 0.4) is 0 Å². The second-order valence-corrected chi connectivity index (χ2v) is 9.97. The number of hydrogen-bond acceptors (Lipinski definition) is 5. The number of hydrogen-bond donors (Lipinski definition) is 1. The van der Waals surface area contributed by atoms with Crippen molar-refractivity contribution >= 4 is 6.08 Å². The summed E-state index contributed by atoms with van der Waals surface area (Å²) < 4.78 is 17.1. The molecule has 0 bridgehead atoms. The van der Waals surface area contributed by atoms with Crippen molar-refractivity contribution in [1.29, 1.82) is 5.26 Å². The van der Waals surface area contributed by atoms with E-state index in [1.54, 1.807) is 14.2 Å². The quantitative estimate of drug-likeness (QED) is 0.584. The van der Waals surface area contributed by atoms with Crippen LogP contribution in [0, 0.1) is 22.7 Å². The maximum atomic E-state index is 10.0. The first-order valence-electron chi connectivity index (χ1n) is 11.5. The third-order valence-electron chi connectivity index (χ3n) is 6.84. The van der Waals surface area contributed by atoms with Crippen molar-refractivity contribution in [3.63, 3.8) is 0 Å². The van der Waals surface area contributed by atoms with E-state index >= 15 is 0 Å². The summed E-state index contributed by atoms with van der Waals surface area (Å²) in [6.45, 7) is 6.81. The van der Waals surface area contributed by atoms with E-state index in [1.165, 1.54) is 0 Å². The van der Waals surface area contributed by atoms with E-state index in [-0.39, 0.29) is 17.2 Å². The summed E-state index contributed by atoms with van der Waals surface area (Å²) in [5.41, 5.74) is 11.1. The molecule has 2 unspecified atom stereocenters. The lowest BCUT2D eigenvalue weighted by molar-refractivity contribution is 0.200. The van der Waals surface area contributed by atoms with Gasteiger partial charge in [0.2, 0.25) is 5.88 Å². The maximum Gasteiger partial charge on any atom is 0.205 e. The fourth-order valence-electron chi connectivity index (χ4n) is 4.83. The molecule has 0 aromatic heterocycles. The molecule has 2 atom stereocenters. The first kappa shape index (κ1) is 23.5. The van der Waals surface area contributed by atoms with Crippen molar-refractivity contribution in [3.8, 4) is 17.6 Å². The predicted molar refractivity (Wildman–Crippen MR) is 134 cm³/mol. The third-order valence-corrected chi connectivity index (χ3v) is 6.84. The molecule has 2 aliphatic rings. The SMILES string of the molecule is COc1cccc(/C=C2\CC(C(C)(C)C)CC3=C2OC(N)=C(C#N)C3c2cccc(OC)c2)c1. The highest BCUT2D eigenvalue weighted by Gasteiger charge is 2.41. The molecule has 0 saturated carbocycles. The highest BCUT2D eigenvalue weighted by molar-refractivity contribution is 5.63. The summed E-state index contributed by atoms with van der Waals surface area (Å²) in [7, 11) is 3.31. The van der Waals surface area contributed by atoms with E-state index in [9.17, 15) is 5.26 Å². The Morgan fingerprint density at radius 2 is 1.71 bits per heavy atom. The number of nitrogens with zero attached hydrogens (tertiary/aromatic N) is 1. The van der Waals surface area contributed by atoms with Crippen molar-refractivity contribution in [1.82, 2.24) is 0 Å². The van der Waals surface area contributed by atoms with Crippen LogP contribution in [0.1, 0.15) is 50.7 Å². The Morgan fingerprint density at radius 3 is 2.35 bits per heavy atom. The molecule has 0 fully saturated rings. The zero-order chi connectivity index (χ0) is 24.5. The topological polar surface area (TPSA) is 77.5 Å². The number of nitrogens with two attached hydrogens (primary N) is 1. The minimum absolute atomic E-state index is 0.0738. The van der Waals surface area contributed by atoms with Crippen LogP contribution >= 0.6 is 0 Å². The lowest BCUT2D eigenvalue weighted by Crippen LogP contribution is -2.31. The highest BCUT2D eigenvalue weighted by atomic mass is 16.5. The van der Waals surface area contributed by atoms with E-state index in [4.69, 9.17) is 19.9 Å². The first-order chi connectivity index (χ1) is 16.2. The largest absolute Gasteiger partial charge is 0.497 e. The van der Waals surface area contributed by atoms with Gasteiger partial charge in [0, 0.05) is 5.92 Å². The van der Waals surface area contributed by atoms with Crippen LogP contribution in [-0.2, 0) is 4.74 Å². The Labute approximate surface area is 202 Å². The molecule has 5 nitrogen and oxygen atoms in total. The number of rotatable bonds is 4. The van der Waals surface area contributed by atoms with Gasteiger partial charge in [-0.05, 0) is 76.8 Å². The Hall–Kier alpha value is -3.65. The van der Waals surface area contributed by atoms with Crippen molar-refractivity contribution in [2.45, 2.75) is 39.5 Å². The van der Waals surface area contributed by atoms with E-state index in [2.05, 4.69) is 39.0 Å². The molecule has 2 aromatic rings. The summed E-state index contributed by atoms with van der Waals surface area (Å²) in [6.07, 6.45) is 3.84. The van der Waals surface area contributed by atoms with Gasteiger partial charge in [-0.25, -0.2) is 0 Å². The molecule has 176 valence electrons. The van der Waals surface area contributed by atoms with Crippen LogP contribution in [0.4, 0.5) is 0 Å². The molecule has 0 radical (unpaired) electrons. The molecule has 0 amide bonds. The molecule has 0 saturated heterocycles. The van der Waals surface area contributed by atoms with Crippen LogP contribution < -0.4 is 15.2 Å². The number of benzene rings is 2. The highest BCUT2D eigenvalue weighted by Crippen LogP contribution is 2.52. The van der Waals surface area contributed by atoms with E-state index in [0.29, 0.717) is 11.5 Å². The average Bonchev–Trinajstić information content (AvgIpc) is 2.83. The number of allylic oxidation sites excluding steroid dienone is 3. The van der Waals surface area contributed by atoms with Gasteiger partial charge in [-0.15, -0.1) is 0 Å². The molecule has 2 aromatic carbocycles. The normalized spacial score (nSPS) is 21.6. The molecular formula is C29H32N2O3. The van der Waals surface area contributed by atoms with Gasteiger partial charge in [0.15, 0.2) is 0 Å². The van der Waals surface area contributed by atoms with Crippen LogP contribution in [0.5, 0.6) is 11.5 Å². The maximum absolute atomic E-state index is 10.0. The van der Waals surface area contributed by atoms with Gasteiger partial charge in [0.1, 0.15) is 28.9 Å². The molecule has 1 aliphatic heterocycles. The molecule has 2 N–H and O–H groups in total. The number of nitriles is 1. The number of ether oxygens (including phenoxy) is 3. The van der Waals surface area contributed by atoms with Crippen LogP contribution in [0.25, 0.3) is 6.08 Å². The summed E-state index contributed by atoms with van der Waals surface area (Å²) in [6, 6.07) is 18.2. The van der Waals surface area contributed by atoms with Crippen molar-refractivity contribution in [2.75, 3.05) is 14.2 Å². The lowest BCUT2D eigenvalue weighted by atomic mass is 9.66. The Bertz CT molecular complexity index is 1220. The molecule has 1 aliphatic carbocycles. The molecule has 5 heteroatoms. The zero-order valence-electron chi connectivity index (χ0n) is 20.5. The zero-order valence-corrected chi connectivity index (χ0v) is 20.5. The summed E-state index contributed by atoms with van der Waals surface area (Å²) >= 11 is 0. The minimum Gasteiger partial charge on any atom is -0.497 e. The van der Waals surface area contributed by atoms with E-state index in [1.807, 2.05) is 42.5 Å².